The van der Waals surface area contributed by atoms with Gasteiger partial charge in [0.1, 0.15) is 17.1 Å². The molecule has 0 spiro atoms. The molecule has 0 amide bonds. The van der Waals surface area contributed by atoms with Gasteiger partial charge in [0.05, 0.1) is 17.1 Å². The van der Waals surface area contributed by atoms with Gasteiger partial charge in [-0.1, -0.05) is 84.0 Å². The fourth-order valence-electron chi connectivity index (χ4n) is 5.92. The molecule has 1 aliphatic heterocycles. The number of phenolic OH excluding ortho intramolecular Hbond substituents is 1. The molecule has 1 N–H and O–H groups in total. The molecule has 0 atom stereocenters. The van der Waals surface area contributed by atoms with Crippen LogP contribution in [0, 0.1) is 0 Å². The van der Waals surface area contributed by atoms with Crippen LogP contribution in [0.5, 0.6) is 5.75 Å². The summed E-state index contributed by atoms with van der Waals surface area (Å²) in [6, 6.07) is 27.4. The van der Waals surface area contributed by atoms with E-state index in [1.54, 1.807) is 6.07 Å². The van der Waals surface area contributed by atoms with Gasteiger partial charge in [-0.25, -0.2) is 9.97 Å². The first-order chi connectivity index (χ1) is 18.7. The quantitative estimate of drug-likeness (QED) is 0.260. The molecule has 0 saturated heterocycles. The van der Waals surface area contributed by atoms with Crippen LogP contribution >= 0.6 is 0 Å². The number of hydrogen-bond acceptors (Lipinski definition) is 4. The van der Waals surface area contributed by atoms with Gasteiger partial charge in [-0.15, -0.1) is 0 Å². The monoisotopic (exact) mass is 513 g/mol. The first kappa shape index (κ1) is 25.1. The first-order valence-electron chi connectivity index (χ1n) is 13.8. The summed E-state index contributed by atoms with van der Waals surface area (Å²) in [6.07, 6.45) is 1.92. The fourth-order valence-corrected chi connectivity index (χ4v) is 5.92. The van der Waals surface area contributed by atoms with E-state index in [9.17, 15) is 5.11 Å². The molecule has 0 bridgehead atoms. The summed E-state index contributed by atoms with van der Waals surface area (Å²) in [5.41, 5.74) is 9.54. The molecular weight excluding hydrogens is 478 g/mol. The van der Waals surface area contributed by atoms with Crippen LogP contribution in [0.25, 0.3) is 22.2 Å². The lowest BCUT2D eigenvalue weighted by atomic mass is 9.73. The molecule has 3 heterocycles. The summed E-state index contributed by atoms with van der Waals surface area (Å²) in [6.45, 7) is 13.4. The molecule has 0 aliphatic carbocycles. The molecule has 2 aromatic heterocycles. The predicted molar refractivity (Wildman–Crippen MR) is 162 cm³/mol. The number of pyridine rings is 2. The number of fused-ring (bicyclic) bond motifs is 3. The molecule has 3 aromatic carbocycles. The normalized spacial score (nSPS) is 14.1. The highest BCUT2D eigenvalue weighted by molar-refractivity contribution is 5.91. The van der Waals surface area contributed by atoms with Gasteiger partial charge >= 0.3 is 0 Å². The van der Waals surface area contributed by atoms with Crippen molar-refractivity contribution in [3.8, 4) is 17.0 Å². The van der Waals surface area contributed by atoms with Gasteiger partial charge < -0.3 is 5.11 Å². The highest BCUT2D eigenvalue weighted by Gasteiger charge is 2.37. The minimum atomic E-state index is -0.186. The van der Waals surface area contributed by atoms with Crippen molar-refractivity contribution in [3.63, 3.8) is 0 Å². The van der Waals surface area contributed by atoms with Crippen LogP contribution in [0.15, 0.2) is 85.1 Å². The fraction of sp³-hybridized carbons (Fsp3) is 0.257. The van der Waals surface area contributed by atoms with Crippen LogP contribution < -0.4 is 4.90 Å². The Bertz CT molecular complexity index is 1720. The summed E-state index contributed by atoms with van der Waals surface area (Å²) >= 11 is 0. The Morgan fingerprint density at radius 2 is 1.54 bits per heavy atom. The second-order valence-electron chi connectivity index (χ2n) is 11.7. The van der Waals surface area contributed by atoms with E-state index in [1.807, 2.05) is 18.3 Å². The first-order valence-corrected chi connectivity index (χ1v) is 13.8. The number of benzene rings is 3. The molecule has 0 unspecified atom stereocenters. The summed E-state index contributed by atoms with van der Waals surface area (Å²) in [4.78, 5) is 12.1. The van der Waals surface area contributed by atoms with E-state index >= 15 is 0 Å². The Labute approximate surface area is 231 Å². The number of hydrogen-bond donors (Lipinski definition) is 1. The number of aromatic nitrogens is 2. The molecule has 39 heavy (non-hydrogen) atoms. The Morgan fingerprint density at radius 3 is 2.31 bits per heavy atom. The average molecular weight is 514 g/mol. The van der Waals surface area contributed by atoms with Gasteiger partial charge in [0, 0.05) is 22.6 Å². The molecule has 4 nitrogen and oxygen atoms in total. The van der Waals surface area contributed by atoms with E-state index in [0.717, 1.165) is 33.8 Å². The van der Waals surface area contributed by atoms with Crippen molar-refractivity contribution in [2.75, 3.05) is 4.90 Å². The van der Waals surface area contributed by atoms with Crippen LogP contribution in [0.3, 0.4) is 0 Å². The van der Waals surface area contributed by atoms with E-state index < -0.39 is 0 Å². The van der Waals surface area contributed by atoms with E-state index in [0.29, 0.717) is 17.4 Å². The molecule has 5 aromatic rings. The lowest BCUT2D eigenvalue weighted by Crippen LogP contribution is -2.31. The van der Waals surface area contributed by atoms with Crippen molar-refractivity contribution in [3.05, 3.63) is 107 Å². The molecule has 0 saturated carbocycles. The molecule has 196 valence electrons. The molecule has 0 fully saturated rings. The van der Waals surface area contributed by atoms with Crippen molar-refractivity contribution in [1.82, 2.24) is 9.97 Å². The standard InChI is InChI=1S/C35H35N3O/c1-21(2)23-16-17-36-33(19-23)38-30-12-8-7-11-27(30)35(5,6)28-15-14-24(18-31(28)38)29-20-26(22(3)4)25-10-9-13-32(39)34(25)37-29/h7-22,39H,1-6H3. The Balaban J connectivity index is 1.61. The molecule has 6 rings (SSSR count). The van der Waals surface area contributed by atoms with Crippen molar-refractivity contribution < 1.29 is 5.11 Å². The maximum absolute atomic E-state index is 10.7. The van der Waals surface area contributed by atoms with E-state index in [1.165, 1.54) is 22.3 Å². The van der Waals surface area contributed by atoms with Gasteiger partial charge in [-0.3, -0.25) is 4.90 Å². The topological polar surface area (TPSA) is 49.2 Å². The van der Waals surface area contributed by atoms with E-state index in [4.69, 9.17) is 9.97 Å². The van der Waals surface area contributed by atoms with Gasteiger partial charge in [-0.2, -0.15) is 0 Å². The van der Waals surface area contributed by atoms with Crippen molar-refractivity contribution in [1.29, 1.82) is 0 Å². The second-order valence-corrected chi connectivity index (χ2v) is 11.7. The van der Waals surface area contributed by atoms with Gasteiger partial charge in [0.15, 0.2) is 0 Å². The lowest BCUT2D eigenvalue weighted by molar-refractivity contribution is 0.480. The second kappa shape index (κ2) is 9.23. The molecule has 1 aliphatic rings. The third-order valence-electron chi connectivity index (χ3n) is 8.16. The number of anilines is 3. The van der Waals surface area contributed by atoms with Crippen LogP contribution in [-0.2, 0) is 5.41 Å². The highest BCUT2D eigenvalue weighted by atomic mass is 16.3. The van der Waals surface area contributed by atoms with Crippen LogP contribution in [-0.4, -0.2) is 15.1 Å². The zero-order valence-corrected chi connectivity index (χ0v) is 23.5. The molecular formula is C35H35N3O. The largest absolute Gasteiger partial charge is 0.506 e. The SMILES string of the molecule is CC(C)c1ccnc(N2c3ccccc3C(C)(C)c3ccc(-c4cc(C(C)C)c5cccc(O)c5n4)cc32)c1. The average Bonchev–Trinajstić information content (AvgIpc) is 2.93. The lowest BCUT2D eigenvalue weighted by Gasteiger charge is -2.41. The van der Waals surface area contributed by atoms with E-state index in [2.05, 4.69) is 107 Å². The van der Waals surface area contributed by atoms with Gasteiger partial charge in [0.25, 0.3) is 0 Å². The van der Waals surface area contributed by atoms with Gasteiger partial charge in [-0.05, 0) is 70.5 Å². The zero-order chi connectivity index (χ0) is 27.5. The molecule has 4 heteroatoms. The van der Waals surface area contributed by atoms with Crippen molar-refractivity contribution in [2.24, 2.45) is 0 Å². The smallest absolute Gasteiger partial charge is 0.141 e. The van der Waals surface area contributed by atoms with Crippen LogP contribution in [0.4, 0.5) is 17.2 Å². The number of phenols is 1. The van der Waals surface area contributed by atoms with Crippen LogP contribution in [0.2, 0.25) is 0 Å². The zero-order valence-electron chi connectivity index (χ0n) is 23.5. The summed E-state index contributed by atoms with van der Waals surface area (Å²) in [5, 5.41) is 11.7. The maximum Gasteiger partial charge on any atom is 0.141 e. The van der Waals surface area contributed by atoms with Crippen LogP contribution in [0.1, 0.15) is 75.6 Å². The van der Waals surface area contributed by atoms with Crippen molar-refractivity contribution in [2.45, 2.75) is 58.8 Å². The minimum Gasteiger partial charge on any atom is -0.506 e. The predicted octanol–water partition coefficient (Wildman–Crippen LogP) is 9.36. The third-order valence-corrected chi connectivity index (χ3v) is 8.16. The number of rotatable bonds is 4. The van der Waals surface area contributed by atoms with E-state index in [-0.39, 0.29) is 11.2 Å². The highest BCUT2D eigenvalue weighted by Crippen LogP contribution is 2.52. The number of nitrogens with zero attached hydrogens (tertiary/aromatic N) is 3. The summed E-state index contributed by atoms with van der Waals surface area (Å²) in [5.74, 6) is 1.81. The Hall–Kier alpha value is -4.18. The minimum absolute atomic E-state index is 0.186. The summed E-state index contributed by atoms with van der Waals surface area (Å²) in [7, 11) is 0. The Morgan fingerprint density at radius 1 is 0.769 bits per heavy atom. The van der Waals surface area contributed by atoms with Gasteiger partial charge in [0.2, 0.25) is 0 Å². The number of aromatic hydroxyl groups is 1. The summed E-state index contributed by atoms with van der Waals surface area (Å²) < 4.78 is 0. The van der Waals surface area contributed by atoms with Crippen molar-refractivity contribution >= 4 is 28.1 Å². The molecule has 0 radical (unpaired) electrons. The number of para-hydroxylation sites is 2. The maximum atomic E-state index is 10.7. The third kappa shape index (κ3) is 4.06. The Kier molecular flexibility index (Phi) is 5.95.